The Bertz CT molecular complexity index is 661. The van der Waals surface area contributed by atoms with Gasteiger partial charge in [-0.3, -0.25) is 0 Å². The van der Waals surface area contributed by atoms with Gasteiger partial charge in [-0.1, -0.05) is 44.2 Å². The zero-order valence-electron chi connectivity index (χ0n) is 13.2. The molecule has 21 heavy (non-hydrogen) atoms. The molecule has 0 saturated carbocycles. The minimum Gasteiger partial charge on any atom is -0.496 e. The van der Waals surface area contributed by atoms with Crippen LogP contribution in [0.15, 0.2) is 36.4 Å². The van der Waals surface area contributed by atoms with Crippen molar-refractivity contribution in [2.24, 2.45) is 0 Å². The molecular weight excluding hydrogens is 258 g/mol. The summed E-state index contributed by atoms with van der Waals surface area (Å²) in [6.07, 6.45) is 1.06. The van der Waals surface area contributed by atoms with Gasteiger partial charge < -0.3 is 10.1 Å². The predicted molar refractivity (Wildman–Crippen MR) is 88.3 cm³/mol. The first-order valence-corrected chi connectivity index (χ1v) is 7.63. The number of aryl methyl sites for hydroxylation is 1. The number of hydrogen-bond donors (Lipinski definition) is 1. The normalized spacial score (nSPS) is 16.7. The van der Waals surface area contributed by atoms with Gasteiger partial charge in [-0.15, -0.1) is 0 Å². The van der Waals surface area contributed by atoms with Crippen molar-refractivity contribution in [1.29, 1.82) is 0 Å². The number of ether oxygens (including phenoxy) is 1. The molecule has 1 heterocycles. The predicted octanol–water partition coefficient (Wildman–Crippen LogP) is 4.84. The summed E-state index contributed by atoms with van der Waals surface area (Å²) in [5.74, 6) is 1.50. The maximum Gasteiger partial charge on any atom is 0.121 e. The van der Waals surface area contributed by atoms with Crippen molar-refractivity contribution in [2.75, 3.05) is 12.4 Å². The fourth-order valence-corrected chi connectivity index (χ4v) is 3.21. The molecule has 2 aromatic carbocycles. The topological polar surface area (TPSA) is 21.3 Å². The first-order chi connectivity index (χ1) is 10.1. The van der Waals surface area contributed by atoms with E-state index in [0.29, 0.717) is 12.0 Å². The van der Waals surface area contributed by atoms with Crippen molar-refractivity contribution in [1.82, 2.24) is 0 Å². The molecule has 1 aliphatic rings. The average molecular weight is 281 g/mol. The van der Waals surface area contributed by atoms with Crippen LogP contribution in [0.5, 0.6) is 5.75 Å². The molecule has 2 heteroatoms. The molecule has 0 radical (unpaired) electrons. The van der Waals surface area contributed by atoms with Crippen LogP contribution in [0.1, 0.15) is 48.1 Å². The highest BCUT2D eigenvalue weighted by Gasteiger charge is 2.25. The monoisotopic (exact) mass is 281 g/mol. The largest absolute Gasteiger partial charge is 0.496 e. The molecule has 1 N–H and O–H groups in total. The van der Waals surface area contributed by atoms with Gasteiger partial charge >= 0.3 is 0 Å². The van der Waals surface area contributed by atoms with Crippen molar-refractivity contribution in [3.63, 3.8) is 0 Å². The highest BCUT2D eigenvalue weighted by Crippen LogP contribution is 2.39. The molecule has 0 saturated heterocycles. The van der Waals surface area contributed by atoms with Gasteiger partial charge in [0.05, 0.1) is 13.2 Å². The summed E-state index contributed by atoms with van der Waals surface area (Å²) in [6, 6.07) is 13.5. The lowest BCUT2D eigenvalue weighted by Crippen LogP contribution is -2.07. The highest BCUT2D eigenvalue weighted by atomic mass is 16.5. The summed E-state index contributed by atoms with van der Waals surface area (Å²) >= 11 is 0. The Hall–Kier alpha value is -1.96. The Morgan fingerprint density at radius 2 is 2.00 bits per heavy atom. The fourth-order valence-electron chi connectivity index (χ4n) is 3.21. The average Bonchev–Trinajstić information content (AvgIpc) is 2.90. The van der Waals surface area contributed by atoms with Crippen LogP contribution in [0.3, 0.4) is 0 Å². The number of para-hydroxylation sites is 1. The van der Waals surface area contributed by atoms with Crippen LogP contribution in [0.2, 0.25) is 0 Å². The van der Waals surface area contributed by atoms with Crippen LogP contribution < -0.4 is 10.1 Å². The lowest BCUT2D eigenvalue weighted by atomic mass is 9.97. The van der Waals surface area contributed by atoms with Gasteiger partial charge in [0.2, 0.25) is 0 Å². The molecular formula is C19H23NO. The van der Waals surface area contributed by atoms with Crippen molar-refractivity contribution in [2.45, 2.75) is 39.2 Å². The summed E-state index contributed by atoms with van der Waals surface area (Å²) in [4.78, 5) is 0. The van der Waals surface area contributed by atoms with Crippen LogP contribution in [0, 0.1) is 6.92 Å². The third-order valence-electron chi connectivity index (χ3n) is 4.37. The van der Waals surface area contributed by atoms with E-state index >= 15 is 0 Å². The maximum atomic E-state index is 5.35. The molecule has 0 fully saturated rings. The smallest absolute Gasteiger partial charge is 0.121 e. The Morgan fingerprint density at radius 3 is 2.67 bits per heavy atom. The summed E-state index contributed by atoms with van der Waals surface area (Å²) < 4.78 is 5.35. The number of methoxy groups -OCH3 is 1. The third kappa shape index (κ3) is 2.51. The first-order valence-electron chi connectivity index (χ1n) is 7.63. The number of nitrogens with one attached hydrogen (secondary N) is 1. The molecule has 3 rings (SSSR count). The minimum atomic E-state index is 0.365. The number of rotatable bonds is 3. The van der Waals surface area contributed by atoms with Crippen LogP contribution in [0.25, 0.3) is 0 Å². The molecule has 0 aromatic heterocycles. The van der Waals surface area contributed by atoms with E-state index in [0.717, 1.165) is 12.2 Å². The van der Waals surface area contributed by atoms with E-state index in [9.17, 15) is 0 Å². The van der Waals surface area contributed by atoms with Gasteiger partial charge in [-0.05, 0) is 47.6 Å². The van der Waals surface area contributed by atoms with E-state index in [1.54, 1.807) is 7.11 Å². The standard InChI is InChI=1S/C19H23NO/c1-12(2)16-7-5-6-15-11-17(20-19(15)16)14-8-9-18(21-4)13(3)10-14/h5-10,12,17,20H,11H2,1-4H3. The van der Waals surface area contributed by atoms with Gasteiger partial charge in [0.1, 0.15) is 5.75 Å². The van der Waals surface area contributed by atoms with E-state index in [1.807, 2.05) is 0 Å². The number of benzene rings is 2. The molecule has 2 aromatic rings. The molecule has 1 aliphatic heterocycles. The molecule has 0 spiro atoms. The molecule has 0 aliphatic carbocycles. The second-order valence-electron chi connectivity index (χ2n) is 6.17. The molecule has 2 nitrogen and oxygen atoms in total. The van der Waals surface area contributed by atoms with Gasteiger partial charge in [0.15, 0.2) is 0 Å². The molecule has 1 unspecified atom stereocenters. The minimum absolute atomic E-state index is 0.365. The summed E-state index contributed by atoms with van der Waals surface area (Å²) in [7, 11) is 1.72. The van der Waals surface area contributed by atoms with Crippen molar-refractivity contribution >= 4 is 5.69 Å². The van der Waals surface area contributed by atoms with Crippen LogP contribution in [-0.2, 0) is 6.42 Å². The number of anilines is 1. The van der Waals surface area contributed by atoms with Crippen LogP contribution >= 0.6 is 0 Å². The Labute approximate surface area is 127 Å². The van der Waals surface area contributed by atoms with Crippen molar-refractivity contribution in [3.8, 4) is 5.75 Å². The zero-order chi connectivity index (χ0) is 15.0. The second kappa shape index (κ2) is 5.44. The van der Waals surface area contributed by atoms with Gasteiger partial charge in [0, 0.05) is 5.69 Å². The fraction of sp³-hybridized carbons (Fsp3) is 0.368. The van der Waals surface area contributed by atoms with Crippen LogP contribution in [0.4, 0.5) is 5.69 Å². The summed E-state index contributed by atoms with van der Waals surface area (Å²) in [6.45, 7) is 6.61. The van der Waals surface area contributed by atoms with E-state index in [-0.39, 0.29) is 0 Å². The maximum absolute atomic E-state index is 5.35. The van der Waals surface area contributed by atoms with E-state index in [2.05, 4.69) is 62.5 Å². The SMILES string of the molecule is COc1ccc(C2Cc3cccc(C(C)C)c3N2)cc1C. The molecule has 110 valence electrons. The first kappa shape index (κ1) is 14.0. The Morgan fingerprint density at radius 1 is 1.19 bits per heavy atom. The molecule has 0 amide bonds. The van der Waals surface area contributed by atoms with Crippen molar-refractivity contribution in [3.05, 3.63) is 58.7 Å². The van der Waals surface area contributed by atoms with Crippen molar-refractivity contribution < 1.29 is 4.74 Å². The highest BCUT2D eigenvalue weighted by molar-refractivity contribution is 5.64. The van der Waals surface area contributed by atoms with E-state index in [1.165, 1.54) is 27.9 Å². The van der Waals surface area contributed by atoms with Gasteiger partial charge in [-0.25, -0.2) is 0 Å². The summed E-state index contributed by atoms with van der Waals surface area (Å²) in [5.41, 5.74) is 6.71. The second-order valence-corrected chi connectivity index (χ2v) is 6.17. The van der Waals surface area contributed by atoms with Crippen LogP contribution in [-0.4, -0.2) is 7.11 Å². The van der Waals surface area contributed by atoms with E-state index in [4.69, 9.17) is 4.74 Å². The van der Waals surface area contributed by atoms with E-state index < -0.39 is 0 Å². The Balaban J connectivity index is 1.91. The van der Waals surface area contributed by atoms with Gasteiger partial charge in [0.25, 0.3) is 0 Å². The number of hydrogen-bond acceptors (Lipinski definition) is 2. The quantitative estimate of drug-likeness (QED) is 0.869. The Kier molecular flexibility index (Phi) is 3.62. The summed E-state index contributed by atoms with van der Waals surface area (Å²) in [5, 5.41) is 3.72. The lowest BCUT2D eigenvalue weighted by Gasteiger charge is -2.16. The van der Waals surface area contributed by atoms with Gasteiger partial charge in [-0.2, -0.15) is 0 Å². The lowest BCUT2D eigenvalue weighted by molar-refractivity contribution is 0.411. The molecule has 1 atom stereocenters. The number of fused-ring (bicyclic) bond motifs is 1. The molecule has 0 bridgehead atoms. The zero-order valence-corrected chi connectivity index (χ0v) is 13.2. The third-order valence-corrected chi connectivity index (χ3v) is 4.37.